The molecule has 2 aliphatic rings. The third-order valence-electron chi connectivity index (χ3n) is 5.12. The van der Waals surface area contributed by atoms with Gasteiger partial charge in [0.15, 0.2) is 11.5 Å². The first kappa shape index (κ1) is 16.4. The van der Waals surface area contributed by atoms with Gasteiger partial charge in [0.2, 0.25) is 5.75 Å². The van der Waals surface area contributed by atoms with Crippen molar-refractivity contribution in [2.24, 2.45) is 0 Å². The van der Waals surface area contributed by atoms with E-state index in [0.717, 1.165) is 5.56 Å². The summed E-state index contributed by atoms with van der Waals surface area (Å²) in [5, 5.41) is 11.3. The second-order valence-electron chi connectivity index (χ2n) is 6.36. The fraction of sp³-hybridized carbons (Fsp3) is 0.647. The highest BCUT2D eigenvalue weighted by molar-refractivity contribution is 5.55. The molecule has 0 radical (unpaired) electrons. The molecule has 128 valence electrons. The van der Waals surface area contributed by atoms with Gasteiger partial charge in [-0.1, -0.05) is 0 Å². The van der Waals surface area contributed by atoms with Crippen LogP contribution in [-0.2, 0) is 10.3 Å². The molecule has 2 aliphatic heterocycles. The normalized spacial score (nSPS) is 30.8. The average molecular weight is 323 g/mol. The van der Waals surface area contributed by atoms with E-state index in [1.807, 2.05) is 12.1 Å². The molecule has 0 spiro atoms. The van der Waals surface area contributed by atoms with Crippen LogP contribution in [0.2, 0.25) is 0 Å². The molecule has 2 saturated heterocycles. The van der Waals surface area contributed by atoms with Crippen LogP contribution in [0.4, 0.5) is 0 Å². The highest BCUT2D eigenvalue weighted by Crippen LogP contribution is 2.46. The molecule has 1 aromatic rings. The topological polar surface area (TPSA) is 60.4 Å². The molecule has 2 unspecified atom stereocenters. The molecule has 2 heterocycles. The Labute approximate surface area is 136 Å². The number of likely N-dealkylation sites (N-methyl/N-ethyl adjacent to an activating group) is 1. The van der Waals surface area contributed by atoms with Crippen LogP contribution in [0.3, 0.4) is 0 Å². The van der Waals surface area contributed by atoms with Crippen molar-refractivity contribution in [3.05, 3.63) is 17.7 Å². The summed E-state index contributed by atoms with van der Waals surface area (Å²) in [6.07, 6.45) is 1.25. The van der Waals surface area contributed by atoms with Crippen LogP contribution in [0.15, 0.2) is 12.1 Å². The third-order valence-corrected chi connectivity index (χ3v) is 5.12. The predicted octanol–water partition coefficient (Wildman–Crippen LogP) is 1.39. The van der Waals surface area contributed by atoms with E-state index >= 15 is 0 Å². The van der Waals surface area contributed by atoms with E-state index in [-0.39, 0.29) is 12.1 Å². The van der Waals surface area contributed by atoms with Crippen LogP contribution in [0, 0.1) is 0 Å². The number of rotatable bonds is 4. The van der Waals surface area contributed by atoms with Crippen LogP contribution in [0.5, 0.6) is 17.2 Å². The van der Waals surface area contributed by atoms with Gasteiger partial charge in [0.05, 0.1) is 40.1 Å². The van der Waals surface area contributed by atoms with Crippen LogP contribution in [0.25, 0.3) is 0 Å². The molecule has 0 aromatic heterocycles. The van der Waals surface area contributed by atoms with Crippen molar-refractivity contribution in [1.29, 1.82) is 0 Å². The lowest BCUT2D eigenvalue weighted by Gasteiger charge is -2.50. The molecular weight excluding hydrogens is 298 g/mol. The lowest BCUT2D eigenvalue weighted by molar-refractivity contribution is -0.137. The van der Waals surface area contributed by atoms with Crippen molar-refractivity contribution in [1.82, 2.24) is 4.90 Å². The fourth-order valence-corrected chi connectivity index (χ4v) is 3.73. The Bertz CT molecular complexity index is 537. The van der Waals surface area contributed by atoms with E-state index in [2.05, 4.69) is 11.9 Å². The smallest absolute Gasteiger partial charge is 0.203 e. The van der Waals surface area contributed by atoms with E-state index in [1.165, 1.54) is 0 Å². The van der Waals surface area contributed by atoms with Gasteiger partial charge in [0.25, 0.3) is 0 Å². The van der Waals surface area contributed by atoms with Crippen LogP contribution in [0.1, 0.15) is 18.4 Å². The van der Waals surface area contributed by atoms with Crippen LogP contribution < -0.4 is 14.2 Å². The Morgan fingerprint density at radius 2 is 1.57 bits per heavy atom. The Kier molecular flexibility index (Phi) is 4.40. The number of ether oxygens (including phenoxy) is 4. The third kappa shape index (κ3) is 2.75. The Hall–Kier alpha value is -1.50. The molecule has 6 heteroatoms. The summed E-state index contributed by atoms with van der Waals surface area (Å²) in [5.41, 5.74) is -0.115. The SMILES string of the molecule is COc1cc(C2(O)CC3COCC(C2)N3C)cc(OC)c1OC. The Morgan fingerprint density at radius 1 is 1.04 bits per heavy atom. The number of morpholine rings is 1. The van der Waals surface area contributed by atoms with Crippen LogP contribution >= 0.6 is 0 Å². The van der Waals surface area contributed by atoms with Gasteiger partial charge in [-0.05, 0) is 37.6 Å². The van der Waals surface area contributed by atoms with Gasteiger partial charge in [0.1, 0.15) is 0 Å². The quantitative estimate of drug-likeness (QED) is 0.904. The van der Waals surface area contributed by atoms with Crippen molar-refractivity contribution >= 4 is 0 Å². The van der Waals surface area contributed by atoms with Gasteiger partial charge < -0.3 is 24.1 Å². The Balaban J connectivity index is 2.00. The summed E-state index contributed by atoms with van der Waals surface area (Å²) >= 11 is 0. The molecule has 2 atom stereocenters. The molecule has 1 N–H and O–H groups in total. The maximum absolute atomic E-state index is 11.3. The molecule has 23 heavy (non-hydrogen) atoms. The van der Waals surface area contributed by atoms with E-state index in [1.54, 1.807) is 21.3 Å². The standard InChI is InChI=1S/C17H25NO5/c1-18-12-7-17(19,8-13(18)10-23-9-12)11-5-14(20-2)16(22-4)15(6-11)21-3/h5-6,12-13,19H,7-10H2,1-4H3. The first-order chi connectivity index (χ1) is 11.0. The highest BCUT2D eigenvalue weighted by atomic mass is 16.5. The van der Waals surface area contributed by atoms with Crippen molar-refractivity contribution in [3.8, 4) is 17.2 Å². The number of piperidine rings is 1. The zero-order valence-electron chi connectivity index (χ0n) is 14.2. The van der Waals surface area contributed by atoms with Crippen molar-refractivity contribution in [3.63, 3.8) is 0 Å². The number of hydrogen-bond donors (Lipinski definition) is 1. The zero-order valence-corrected chi connectivity index (χ0v) is 14.2. The maximum Gasteiger partial charge on any atom is 0.203 e. The van der Waals surface area contributed by atoms with Gasteiger partial charge in [-0.2, -0.15) is 0 Å². The number of aliphatic hydroxyl groups is 1. The molecule has 6 nitrogen and oxygen atoms in total. The minimum Gasteiger partial charge on any atom is -0.493 e. The number of benzene rings is 1. The van der Waals surface area contributed by atoms with Crippen molar-refractivity contribution in [2.75, 3.05) is 41.6 Å². The summed E-state index contributed by atoms with van der Waals surface area (Å²) in [6, 6.07) is 4.13. The molecule has 0 saturated carbocycles. The fourth-order valence-electron chi connectivity index (χ4n) is 3.73. The maximum atomic E-state index is 11.3. The van der Waals surface area contributed by atoms with E-state index < -0.39 is 5.60 Å². The molecule has 3 rings (SSSR count). The molecule has 2 fully saturated rings. The highest BCUT2D eigenvalue weighted by Gasteiger charge is 2.46. The lowest BCUT2D eigenvalue weighted by Crippen LogP contribution is -2.59. The number of fused-ring (bicyclic) bond motifs is 2. The summed E-state index contributed by atoms with van der Waals surface area (Å²) < 4.78 is 21.8. The minimum absolute atomic E-state index is 0.214. The van der Waals surface area contributed by atoms with Crippen molar-refractivity contribution in [2.45, 2.75) is 30.5 Å². The number of nitrogens with zero attached hydrogens (tertiary/aromatic N) is 1. The summed E-state index contributed by atoms with van der Waals surface area (Å²) in [5.74, 6) is 1.67. The second kappa shape index (κ2) is 6.19. The first-order valence-electron chi connectivity index (χ1n) is 7.85. The summed E-state index contributed by atoms with van der Waals surface area (Å²) in [4.78, 5) is 2.32. The predicted molar refractivity (Wildman–Crippen MR) is 85.4 cm³/mol. The minimum atomic E-state index is -0.918. The van der Waals surface area contributed by atoms with Gasteiger partial charge in [-0.25, -0.2) is 0 Å². The van der Waals surface area contributed by atoms with Gasteiger partial charge in [-0.3, -0.25) is 4.90 Å². The Morgan fingerprint density at radius 3 is 2.00 bits per heavy atom. The number of hydrogen-bond acceptors (Lipinski definition) is 6. The average Bonchev–Trinajstić information content (AvgIpc) is 2.55. The van der Waals surface area contributed by atoms with Gasteiger partial charge in [0, 0.05) is 12.1 Å². The molecule has 1 aromatic carbocycles. The van der Waals surface area contributed by atoms with Gasteiger partial charge >= 0.3 is 0 Å². The molecule has 0 aliphatic carbocycles. The zero-order chi connectivity index (χ0) is 16.6. The van der Waals surface area contributed by atoms with Crippen molar-refractivity contribution < 1.29 is 24.1 Å². The van der Waals surface area contributed by atoms with E-state index in [9.17, 15) is 5.11 Å². The molecule has 0 amide bonds. The molecular formula is C17H25NO5. The van der Waals surface area contributed by atoms with Crippen LogP contribution in [-0.4, -0.2) is 63.7 Å². The summed E-state index contributed by atoms with van der Waals surface area (Å²) in [6.45, 7) is 1.31. The largest absolute Gasteiger partial charge is 0.493 e. The lowest BCUT2D eigenvalue weighted by atomic mass is 9.77. The monoisotopic (exact) mass is 323 g/mol. The van der Waals surface area contributed by atoms with E-state index in [4.69, 9.17) is 18.9 Å². The first-order valence-corrected chi connectivity index (χ1v) is 7.85. The number of methoxy groups -OCH3 is 3. The van der Waals surface area contributed by atoms with E-state index in [0.29, 0.717) is 43.3 Å². The second-order valence-corrected chi connectivity index (χ2v) is 6.36. The summed E-state index contributed by atoms with van der Waals surface area (Å²) in [7, 11) is 6.85. The van der Waals surface area contributed by atoms with Gasteiger partial charge in [-0.15, -0.1) is 0 Å². The molecule has 2 bridgehead atoms.